The normalized spacial score (nSPS) is 11.3. The zero-order chi connectivity index (χ0) is 11.4. The summed E-state index contributed by atoms with van der Waals surface area (Å²) in [7, 11) is 0. The third kappa shape index (κ3) is 3.77. The summed E-state index contributed by atoms with van der Waals surface area (Å²) in [6, 6.07) is 0.650. The van der Waals surface area contributed by atoms with E-state index in [1.54, 1.807) is 0 Å². The molecular weight excluding hydrogens is 192 g/mol. The molecule has 1 aromatic rings. The summed E-state index contributed by atoms with van der Waals surface area (Å²) < 4.78 is 5.23. The molecule has 15 heavy (non-hydrogen) atoms. The van der Waals surface area contributed by atoms with Crippen LogP contribution in [0.15, 0.2) is 4.42 Å². The van der Waals surface area contributed by atoms with Crippen LogP contribution in [0, 0.1) is 11.8 Å². The van der Waals surface area contributed by atoms with Gasteiger partial charge in [0.25, 0.3) is 0 Å². The van der Waals surface area contributed by atoms with E-state index in [4.69, 9.17) is 10.2 Å². The molecule has 5 heteroatoms. The lowest BCUT2D eigenvalue weighted by Crippen LogP contribution is -2.31. The van der Waals surface area contributed by atoms with Gasteiger partial charge in [0.05, 0.1) is 0 Å². The fraction of sp³-hybridized carbons (Fsp3) is 0.800. The number of nitrogens with two attached hydrogens (primary N) is 1. The molecule has 2 N–H and O–H groups in total. The first-order chi connectivity index (χ1) is 6.99. The molecule has 0 aliphatic carbocycles. The van der Waals surface area contributed by atoms with Gasteiger partial charge in [-0.15, -0.1) is 0 Å². The maximum atomic E-state index is 5.41. The van der Waals surface area contributed by atoms with Gasteiger partial charge in [0, 0.05) is 13.1 Å². The number of aromatic nitrogens is 2. The van der Waals surface area contributed by atoms with Crippen molar-refractivity contribution in [1.29, 1.82) is 0 Å². The van der Waals surface area contributed by atoms with Gasteiger partial charge in [0.1, 0.15) is 0 Å². The van der Waals surface area contributed by atoms with Crippen molar-refractivity contribution >= 4 is 12.0 Å². The third-order valence-corrected chi connectivity index (χ3v) is 1.87. The Kier molecular flexibility index (Phi) is 3.94. The van der Waals surface area contributed by atoms with E-state index in [1.807, 2.05) is 0 Å². The molecule has 0 saturated heterocycles. The van der Waals surface area contributed by atoms with Crippen LogP contribution >= 0.6 is 0 Å². The van der Waals surface area contributed by atoms with Gasteiger partial charge >= 0.3 is 12.0 Å². The Labute approximate surface area is 90.7 Å². The van der Waals surface area contributed by atoms with Gasteiger partial charge in [-0.05, 0) is 11.8 Å². The number of anilines is 2. The van der Waals surface area contributed by atoms with E-state index in [9.17, 15) is 0 Å². The average Bonchev–Trinajstić information content (AvgIpc) is 2.48. The number of nitrogen functional groups attached to an aromatic ring is 1. The van der Waals surface area contributed by atoms with Gasteiger partial charge in [-0.1, -0.05) is 37.9 Å². The van der Waals surface area contributed by atoms with Crippen LogP contribution in [0.1, 0.15) is 27.7 Å². The molecule has 5 nitrogen and oxygen atoms in total. The molecule has 0 radical (unpaired) electrons. The quantitative estimate of drug-likeness (QED) is 0.805. The first kappa shape index (κ1) is 11.8. The fourth-order valence-corrected chi connectivity index (χ4v) is 1.47. The highest BCUT2D eigenvalue weighted by molar-refractivity contribution is 5.27. The van der Waals surface area contributed by atoms with Crippen LogP contribution in [-0.2, 0) is 0 Å². The lowest BCUT2D eigenvalue weighted by Gasteiger charge is -2.23. The highest BCUT2D eigenvalue weighted by Gasteiger charge is 2.15. The second kappa shape index (κ2) is 5.00. The second-order valence-corrected chi connectivity index (χ2v) is 4.62. The van der Waals surface area contributed by atoms with Crippen LogP contribution in [0.2, 0.25) is 0 Å². The Morgan fingerprint density at radius 1 is 1.13 bits per heavy atom. The van der Waals surface area contributed by atoms with Crippen LogP contribution in [0.3, 0.4) is 0 Å². The minimum atomic E-state index is 0.127. The molecule has 0 unspecified atom stereocenters. The van der Waals surface area contributed by atoms with Crippen molar-refractivity contribution in [2.24, 2.45) is 11.8 Å². The molecule has 0 amide bonds. The van der Waals surface area contributed by atoms with Crippen molar-refractivity contribution in [2.45, 2.75) is 27.7 Å². The molecule has 0 fully saturated rings. The Balaban J connectivity index is 2.71. The molecule has 0 spiro atoms. The molecule has 0 aliphatic heterocycles. The maximum absolute atomic E-state index is 5.41. The molecule has 0 aromatic carbocycles. The molecular formula is C10H20N4O. The van der Waals surface area contributed by atoms with E-state index in [2.05, 4.69) is 42.8 Å². The first-order valence-electron chi connectivity index (χ1n) is 5.33. The smallest absolute Gasteiger partial charge is 0.319 e. The third-order valence-electron chi connectivity index (χ3n) is 1.87. The largest absolute Gasteiger partial charge is 0.390 e. The average molecular weight is 212 g/mol. The van der Waals surface area contributed by atoms with Crippen LogP contribution in [0.25, 0.3) is 0 Å². The summed E-state index contributed by atoms with van der Waals surface area (Å²) in [5.41, 5.74) is 5.41. The van der Waals surface area contributed by atoms with Gasteiger partial charge in [0.15, 0.2) is 0 Å². The number of rotatable bonds is 5. The van der Waals surface area contributed by atoms with E-state index in [0.29, 0.717) is 17.9 Å². The maximum Gasteiger partial charge on any atom is 0.319 e. The summed E-state index contributed by atoms with van der Waals surface area (Å²) in [6.45, 7) is 10.4. The molecule has 0 saturated carbocycles. The predicted octanol–water partition coefficient (Wildman–Crippen LogP) is 1.77. The van der Waals surface area contributed by atoms with E-state index in [-0.39, 0.29) is 6.01 Å². The van der Waals surface area contributed by atoms with Crippen molar-refractivity contribution in [1.82, 2.24) is 10.2 Å². The summed E-state index contributed by atoms with van der Waals surface area (Å²) in [5, 5.41) is 7.58. The molecule has 0 aliphatic rings. The standard InChI is InChI=1S/C10H20N4O/c1-7(2)5-14(6-8(3)4)10-13-12-9(11)15-10/h7-8H,5-6H2,1-4H3,(H2,11,12). The summed E-state index contributed by atoms with van der Waals surface area (Å²) in [5.74, 6) is 1.11. The van der Waals surface area contributed by atoms with Crippen molar-refractivity contribution in [3.63, 3.8) is 0 Å². The highest BCUT2D eigenvalue weighted by Crippen LogP contribution is 2.16. The van der Waals surface area contributed by atoms with Crippen LogP contribution in [0.4, 0.5) is 12.0 Å². The summed E-state index contributed by atoms with van der Waals surface area (Å²) >= 11 is 0. The predicted molar refractivity (Wildman–Crippen MR) is 60.6 cm³/mol. The Hall–Kier alpha value is -1.26. The molecule has 0 atom stereocenters. The number of hydrogen-bond donors (Lipinski definition) is 1. The lowest BCUT2D eigenvalue weighted by atomic mass is 10.1. The minimum Gasteiger partial charge on any atom is -0.390 e. The van der Waals surface area contributed by atoms with E-state index in [0.717, 1.165) is 13.1 Å². The zero-order valence-corrected chi connectivity index (χ0v) is 9.90. The molecule has 1 heterocycles. The van der Waals surface area contributed by atoms with Crippen molar-refractivity contribution < 1.29 is 4.42 Å². The van der Waals surface area contributed by atoms with Crippen molar-refractivity contribution in [2.75, 3.05) is 23.7 Å². The van der Waals surface area contributed by atoms with E-state index >= 15 is 0 Å². The van der Waals surface area contributed by atoms with Crippen molar-refractivity contribution in [3.8, 4) is 0 Å². The van der Waals surface area contributed by atoms with Gasteiger partial charge in [0.2, 0.25) is 0 Å². The molecule has 1 rings (SSSR count). The molecule has 86 valence electrons. The summed E-state index contributed by atoms with van der Waals surface area (Å²) in [6.07, 6.45) is 0. The van der Waals surface area contributed by atoms with Crippen LogP contribution in [-0.4, -0.2) is 23.3 Å². The topological polar surface area (TPSA) is 68.2 Å². The Morgan fingerprint density at radius 2 is 1.67 bits per heavy atom. The van der Waals surface area contributed by atoms with Crippen molar-refractivity contribution in [3.05, 3.63) is 0 Å². The second-order valence-electron chi connectivity index (χ2n) is 4.62. The Morgan fingerprint density at radius 3 is 2.00 bits per heavy atom. The Bertz CT molecular complexity index is 285. The van der Waals surface area contributed by atoms with Gasteiger partial charge in [-0.25, -0.2) is 0 Å². The lowest BCUT2D eigenvalue weighted by molar-refractivity contribution is 0.487. The fourth-order valence-electron chi connectivity index (χ4n) is 1.47. The number of nitrogens with zero attached hydrogens (tertiary/aromatic N) is 3. The highest BCUT2D eigenvalue weighted by atomic mass is 16.4. The van der Waals surface area contributed by atoms with Gasteiger partial charge < -0.3 is 15.1 Å². The van der Waals surface area contributed by atoms with Crippen LogP contribution in [0.5, 0.6) is 0 Å². The van der Waals surface area contributed by atoms with Gasteiger partial charge in [-0.3, -0.25) is 0 Å². The monoisotopic (exact) mass is 212 g/mol. The van der Waals surface area contributed by atoms with Gasteiger partial charge in [-0.2, -0.15) is 0 Å². The van der Waals surface area contributed by atoms with E-state index in [1.165, 1.54) is 0 Å². The van der Waals surface area contributed by atoms with E-state index < -0.39 is 0 Å². The number of hydrogen-bond acceptors (Lipinski definition) is 5. The molecule has 0 bridgehead atoms. The molecule has 1 aromatic heterocycles. The first-order valence-corrected chi connectivity index (χ1v) is 5.33. The zero-order valence-electron chi connectivity index (χ0n) is 9.90. The summed E-state index contributed by atoms with van der Waals surface area (Å²) in [4.78, 5) is 2.08. The SMILES string of the molecule is CC(C)CN(CC(C)C)c1nnc(N)o1. The minimum absolute atomic E-state index is 0.127. The van der Waals surface area contributed by atoms with Crippen LogP contribution < -0.4 is 10.6 Å².